The van der Waals surface area contributed by atoms with Crippen LogP contribution in [0.2, 0.25) is 0 Å². The second kappa shape index (κ2) is 10.8. The molecule has 0 bridgehead atoms. The minimum Gasteiger partial charge on any atom is -0.453 e. The van der Waals surface area contributed by atoms with Gasteiger partial charge in [0.2, 0.25) is 0 Å². The first kappa shape index (κ1) is 21.0. The molecule has 27 heavy (non-hydrogen) atoms. The van der Waals surface area contributed by atoms with Crippen molar-refractivity contribution < 1.29 is 9.53 Å². The largest absolute Gasteiger partial charge is 0.453 e. The smallest absolute Gasteiger partial charge is 0.411 e. The molecule has 1 aromatic rings. The zero-order valence-corrected chi connectivity index (χ0v) is 16.9. The number of piperidine rings is 1. The fraction of sp³-hybridized carbons (Fsp3) is 0.600. The summed E-state index contributed by atoms with van der Waals surface area (Å²) in [5.41, 5.74) is 1.79. The lowest BCUT2D eigenvalue weighted by Gasteiger charge is -2.35. The first-order chi connectivity index (χ1) is 13.0. The number of rotatable bonds is 6. The lowest BCUT2D eigenvalue weighted by molar-refractivity contribution is 0.167. The minimum absolute atomic E-state index is 0.462. The molecule has 0 radical (unpaired) electrons. The van der Waals surface area contributed by atoms with E-state index in [0.717, 1.165) is 44.0 Å². The van der Waals surface area contributed by atoms with E-state index in [9.17, 15) is 4.79 Å². The molecule has 0 aliphatic carbocycles. The third-order valence-corrected chi connectivity index (χ3v) is 4.75. The summed E-state index contributed by atoms with van der Waals surface area (Å²) in [6.45, 7) is 10.3. The predicted molar refractivity (Wildman–Crippen MR) is 110 cm³/mol. The van der Waals surface area contributed by atoms with Gasteiger partial charge in [0, 0.05) is 37.4 Å². The van der Waals surface area contributed by atoms with E-state index in [1.165, 1.54) is 7.11 Å². The first-order valence-corrected chi connectivity index (χ1v) is 9.74. The lowest BCUT2D eigenvalue weighted by Crippen LogP contribution is -2.49. The SMILES string of the molecule is CCNC(=NCc1ccc(NC(=O)OC)cc1)NC1CCN(C(C)C)CC1. The van der Waals surface area contributed by atoms with Gasteiger partial charge in [-0.15, -0.1) is 0 Å². The van der Waals surface area contributed by atoms with Crippen molar-refractivity contribution in [3.8, 4) is 0 Å². The molecule has 1 aliphatic heterocycles. The van der Waals surface area contributed by atoms with Crippen LogP contribution in [0.3, 0.4) is 0 Å². The number of amides is 1. The molecule has 0 unspecified atom stereocenters. The summed E-state index contributed by atoms with van der Waals surface area (Å²) < 4.78 is 4.59. The maximum Gasteiger partial charge on any atom is 0.411 e. The van der Waals surface area contributed by atoms with Gasteiger partial charge in [-0.05, 0) is 51.3 Å². The number of guanidine groups is 1. The summed E-state index contributed by atoms with van der Waals surface area (Å²) in [5, 5.41) is 9.55. The molecule has 1 aliphatic rings. The van der Waals surface area contributed by atoms with Gasteiger partial charge < -0.3 is 20.3 Å². The van der Waals surface area contributed by atoms with Crippen LogP contribution in [0.15, 0.2) is 29.3 Å². The van der Waals surface area contributed by atoms with E-state index in [4.69, 9.17) is 4.99 Å². The van der Waals surface area contributed by atoms with Crippen molar-refractivity contribution >= 4 is 17.7 Å². The van der Waals surface area contributed by atoms with Crippen molar-refractivity contribution in [1.29, 1.82) is 0 Å². The van der Waals surface area contributed by atoms with Crippen molar-refractivity contribution in [2.45, 2.75) is 52.2 Å². The van der Waals surface area contributed by atoms with Crippen LogP contribution in [0.25, 0.3) is 0 Å². The lowest BCUT2D eigenvalue weighted by atomic mass is 10.0. The maximum absolute atomic E-state index is 11.2. The highest BCUT2D eigenvalue weighted by atomic mass is 16.5. The molecule has 0 spiro atoms. The van der Waals surface area contributed by atoms with E-state index >= 15 is 0 Å². The van der Waals surface area contributed by atoms with E-state index in [-0.39, 0.29) is 0 Å². The third-order valence-electron chi connectivity index (χ3n) is 4.75. The van der Waals surface area contributed by atoms with Crippen LogP contribution in [-0.2, 0) is 11.3 Å². The Kier molecular flexibility index (Phi) is 8.39. The van der Waals surface area contributed by atoms with Gasteiger partial charge in [0.1, 0.15) is 0 Å². The summed E-state index contributed by atoms with van der Waals surface area (Å²) in [5.74, 6) is 0.859. The molecular weight excluding hydrogens is 342 g/mol. The highest BCUT2D eigenvalue weighted by Crippen LogP contribution is 2.13. The van der Waals surface area contributed by atoms with Crippen LogP contribution in [0.1, 0.15) is 39.2 Å². The number of methoxy groups -OCH3 is 1. The Hall–Kier alpha value is -2.28. The second-order valence-electron chi connectivity index (χ2n) is 7.06. The molecule has 3 N–H and O–H groups in total. The number of ether oxygens (including phenoxy) is 1. The van der Waals surface area contributed by atoms with E-state index in [0.29, 0.717) is 24.3 Å². The fourth-order valence-electron chi connectivity index (χ4n) is 3.11. The predicted octanol–water partition coefficient (Wildman–Crippen LogP) is 2.79. The second-order valence-corrected chi connectivity index (χ2v) is 7.06. The molecule has 0 atom stereocenters. The van der Waals surface area contributed by atoms with E-state index in [2.05, 4.69) is 46.4 Å². The average molecular weight is 376 g/mol. The molecule has 1 saturated heterocycles. The molecule has 150 valence electrons. The third kappa shape index (κ3) is 7.09. The number of hydrogen-bond donors (Lipinski definition) is 3. The van der Waals surface area contributed by atoms with Crippen LogP contribution in [0.4, 0.5) is 10.5 Å². The van der Waals surface area contributed by atoms with Gasteiger partial charge in [0.25, 0.3) is 0 Å². The highest BCUT2D eigenvalue weighted by molar-refractivity contribution is 5.84. The van der Waals surface area contributed by atoms with Crippen molar-refractivity contribution in [2.75, 3.05) is 32.1 Å². The molecule has 1 heterocycles. The van der Waals surface area contributed by atoms with E-state index in [1.807, 2.05) is 24.3 Å². The summed E-state index contributed by atoms with van der Waals surface area (Å²) >= 11 is 0. The van der Waals surface area contributed by atoms with Crippen LogP contribution in [0, 0.1) is 0 Å². The zero-order chi connectivity index (χ0) is 19.6. The van der Waals surface area contributed by atoms with Gasteiger partial charge in [-0.2, -0.15) is 0 Å². The molecule has 1 aromatic carbocycles. The van der Waals surface area contributed by atoms with Gasteiger partial charge >= 0.3 is 6.09 Å². The first-order valence-electron chi connectivity index (χ1n) is 9.74. The molecule has 7 nitrogen and oxygen atoms in total. The normalized spacial score (nSPS) is 16.3. The summed E-state index contributed by atoms with van der Waals surface area (Å²) in [7, 11) is 1.35. The number of hydrogen-bond acceptors (Lipinski definition) is 4. The quantitative estimate of drug-likeness (QED) is 0.526. The van der Waals surface area contributed by atoms with Crippen LogP contribution < -0.4 is 16.0 Å². The monoisotopic (exact) mass is 375 g/mol. The Bertz CT molecular complexity index is 607. The van der Waals surface area contributed by atoms with Gasteiger partial charge in [0.05, 0.1) is 13.7 Å². The fourth-order valence-corrected chi connectivity index (χ4v) is 3.11. The number of likely N-dealkylation sites (tertiary alicyclic amines) is 1. The molecule has 0 aromatic heterocycles. The molecule has 7 heteroatoms. The van der Waals surface area contributed by atoms with E-state index < -0.39 is 6.09 Å². The Morgan fingerprint density at radius 2 is 1.93 bits per heavy atom. The highest BCUT2D eigenvalue weighted by Gasteiger charge is 2.21. The van der Waals surface area contributed by atoms with Gasteiger partial charge in [-0.3, -0.25) is 5.32 Å². The Labute approximate surface area is 162 Å². The number of nitrogens with zero attached hydrogens (tertiary/aromatic N) is 2. The summed E-state index contributed by atoms with van der Waals surface area (Å²) in [4.78, 5) is 18.5. The van der Waals surface area contributed by atoms with Gasteiger partial charge in [-0.25, -0.2) is 9.79 Å². The summed E-state index contributed by atoms with van der Waals surface area (Å²) in [6.07, 6.45) is 1.80. The van der Waals surface area contributed by atoms with Gasteiger partial charge in [-0.1, -0.05) is 12.1 Å². The van der Waals surface area contributed by atoms with Crippen LogP contribution in [0.5, 0.6) is 0 Å². The molecule has 0 saturated carbocycles. The van der Waals surface area contributed by atoms with Gasteiger partial charge in [0.15, 0.2) is 5.96 Å². The van der Waals surface area contributed by atoms with Crippen molar-refractivity contribution in [3.63, 3.8) is 0 Å². The Morgan fingerprint density at radius 3 is 2.48 bits per heavy atom. The van der Waals surface area contributed by atoms with Crippen molar-refractivity contribution in [3.05, 3.63) is 29.8 Å². The Morgan fingerprint density at radius 1 is 1.26 bits per heavy atom. The molecular formula is C20H33N5O2. The van der Waals surface area contributed by atoms with E-state index in [1.54, 1.807) is 0 Å². The Balaban J connectivity index is 1.88. The van der Waals surface area contributed by atoms with Crippen LogP contribution in [-0.4, -0.2) is 55.8 Å². The zero-order valence-electron chi connectivity index (χ0n) is 16.9. The average Bonchev–Trinajstić information content (AvgIpc) is 2.67. The number of benzene rings is 1. The van der Waals surface area contributed by atoms with Crippen molar-refractivity contribution in [1.82, 2.24) is 15.5 Å². The molecule has 2 rings (SSSR count). The summed E-state index contributed by atoms with van der Waals surface area (Å²) in [6, 6.07) is 8.70. The number of anilines is 1. The number of aliphatic imine (C=N–C) groups is 1. The molecule has 1 fully saturated rings. The molecule has 1 amide bonds. The number of carbonyl (C=O) groups is 1. The van der Waals surface area contributed by atoms with Crippen LogP contribution >= 0.6 is 0 Å². The standard InChI is InChI=1S/C20H33N5O2/c1-5-21-19(23-18-10-12-25(13-11-18)15(2)3)22-14-16-6-8-17(9-7-16)24-20(26)27-4/h6-9,15,18H,5,10-14H2,1-4H3,(H,24,26)(H2,21,22,23). The minimum atomic E-state index is -0.470. The maximum atomic E-state index is 11.2. The number of carbonyl (C=O) groups excluding carboxylic acids is 1. The topological polar surface area (TPSA) is 78.0 Å². The van der Waals surface area contributed by atoms with Crippen molar-refractivity contribution in [2.24, 2.45) is 4.99 Å². The number of nitrogens with one attached hydrogen (secondary N) is 3.